The molecule has 2 atom stereocenters. The maximum absolute atomic E-state index is 11.7. The van der Waals surface area contributed by atoms with E-state index >= 15 is 0 Å². The third-order valence-corrected chi connectivity index (χ3v) is 5.87. The first kappa shape index (κ1) is 23.9. The molecule has 0 aromatic carbocycles. The summed E-state index contributed by atoms with van der Waals surface area (Å²) in [4.78, 5) is 23.6. The van der Waals surface area contributed by atoms with Crippen molar-refractivity contribution in [3.63, 3.8) is 0 Å². The van der Waals surface area contributed by atoms with Gasteiger partial charge in [-0.05, 0) is 46.5 Å². The summed E-state index contributed by atoms with van der Waals surface area (Å²) < 4.78 is 5.06. The number of ether oxygens (including phenoxy) is 1. The van der Waals surface area contributed by atoms with Crippen molar-refractivity contribution in [2.45, 2.75) is 121 Å². The molecule has 0 bridgehead atoms. The molecule has 3 fully saturated rings. The molecular formula is C22H40N2O5. The van der Waals surface area contributed by atoms with Crippen LogP contribution in [0.2, 0.25) is 0 Å². The molecular weight excluding hydrogens is 372 g/mol. The Kier molecular flexibility index (Phi) is 9.21. The fourth-order valence-electron chi connectivity index (χ4n) is 4.44. The number of aliphatic hydroxyl groups is 1. The van der Waals surface area contributed by atoms with E-state index in [-0.39, 0.29) is 13.0 Å². The Bertz CT molecular complexity index is 506. The van der Waals surface area contributed by atoms with Crippen molar-refractivity contribution in [1.29, 1.82) is 0 Å². The van der Waals surface area contributed by atoms with Crippen molar-refractivity contribution in [2.75, 3.05) is 6.54 Å². The average Bonchev–Trinajstić information content (AvgIpc) is 3.05. The van der Waals surface area contributed by atoms with Crippen molar-refractivity contribution in [2.24, 2.45) is 0 Å². The molecule has 7 nitrogen and oxygen atoms in total. The smallest absolute Gasteiger partial charge is 0.411 e. The fraction of sp³-hybridized carbons (Fsp3) is 0.909. The summed E-state index contributed by atoms with van der Waals surface area (Å²) in [6.45, 7) is 5.11. The predicted molar refractivity (Wildman–Crippen MR) is 112 cm³/mol. The molecule has 1 amide bonds. The third kappa shape index (κ3) is 8.51. The van der Waals surface area contributed by atoms with E-state index in [1.807, 2.05) is 0 Å². The molecule has 168 valence electrons. The fourth-order valence-corrected chi connectivity index (χ4v) is 4.44. The van der Waals surface area contributed by atoms with Crippen LogP contribution in [0.1, 0.15) is 91.4 Å². The molecule has 1 saturated heterocycles. The van der Waals surface area contributed by atoms with Crippen molar-refractivity contribution in [3.05, 3.63) is 0 Å². The van der Waals surface area contributed by atoms with Crippen LogP contribution in [0.25, 0.3) is 0 Å². The molecule has 0 spiro atoms. The van der Waals surface area contributed by atoms with Gasteiger partial charge in [-0.15, -0.1) is 0 Å². The van der Waals surface area contributed by atoms with E-state index in [1.165, 1.54) is 64.2 Å². The zero-order chi connectivity index (χ0) is 21.4. The molecule has 29 heavy (non-hydrogen) atoms. The van der Waals surface area contributed by atoms with E-state index in [1.54, 1.807) is 20.8 Å². The van der Waals surface area contributed by atoms with E-state index in [9.17, 15) is 14.7 Å². The molecule has 1 aliphatic heterocycles. The predicted octanol–water partition coefficient (Wildman–Crippen LogP) is 3.68. The van der Waals surface area contributed by atoms with Crippen molar-refractivity contribution in [1.82, 2.24) is 10.2 Å². The molecule has 1 heterocycles. The van der Waals surface area contributed by atoms with Gasteiger partial charge >= 0.3 is 12.1 Å². The number of carboxylic acid groups (broad SMARTS) is 1. The van der Waals surface area contributed by atoms with E-state index in [4.69, 9.17) is 9.84 Å². The maximum atomic E-state index is 11.7. The second kappa shape index (κ2) is 11.2. The Morgan fingerprint density at radius 3 is 1.83 bits per heavy atom. The highest BCUT2D eigenvalue weighted by molar-refractivity contribution is 5.81. The Labute approximate surface area is 175 Å². The highest BCUT2D eigenvalue weighted by atomic mass is 16.6. The van der Waals surface area contributed by atoms with Crippen LogP contribution in [0.5, 0.6) is 0 Å². The van der Waals surface area contributed by atoms with Crippen LogP contribution < -0.4 is 5.32 Å². The van der Waals surface area contributed by atoms with E-state index < -0.39 is 29.8 Å². The maximum Gasteiger partial charge on any atom is 0.411 e. The van der Waals surface area contributed by atoms with Gasteiger partial charge in [-0.25, -0.2) is 9.59 Å². The van der Waals surface area contributed by atoms with Gasteiger partial charge in [-0.3, -0.25) is 4.90 Å². The highest BCUT2D eigenvalue weighted by Gasteiger charge is 2.40. The Morgan fingerprint density at radius 1 is 0.931 bits per heavy atom. The summed E-state index contributed by atoms with van der Waals surface area (Å²) >= 11 is 0. The second-order valence-corrected chi connectivity index (χ2v) is 9.71. The summed E-state index contributed by atoms with van der Waals surface area (Å²) in [5.41, 5.74) is -0.673. The molecule has 3 aliphatic rings. The average molecular weight is 413 g/mol. The van der Waals surface area contributed by atoms with E-state index in [0.29, 0.717) is 0 Å². The number of nitrogens with zero attached hydrogens (tertiary/aromatic N) is 1. The Morgan fingerprint density at radius 2 is 1.41 bits per heavy atom. The molecule has 0 radical (unpaired) electrons. The number of carbonyl (C=O) groups excluding carboxylic acids is 1. The van der Waals surface area contributed by atoms with Gasteiger partial charge in [0.25, 0.3) is 0 Å². The number of β-amino-alcohol motifs (C(OH)–C–C–N with tert-alkyl or cyclic N) is 1. The number of hydrogen-bond acceptors (Lipinski definition) is 5. The monoisotopic (exact) mass is 412 g/mol. The number of aliphatic hydroxyl groups excluding tert-OH is 1. The van der Waals surface area contributed by atoms with Crippen LogP contribution in [0.4, 0.5) is 4.79 Å². The van der Waals surface area contributed by atoms with Gasteiger partial charge in [0.2, 0.25) is 0 Å². The number of carboxylic acids is 1. The first-order chi connectivity index (χ1) is 13.7. The minimum Gasteiger partial charge on any atom is -0.480 e. The first-order valence-corrected chi connectivity index (χ1v) is 11.3. The van der Waals surface area contributed by atoms with Crippen molar-refractivity contribution >= 4 is 12.1 Å². The zero-order valence-corrected chi connectivity index (χ0v) is 18.4. The van der Waals surface area contributed by atoms with Gasteiger partial charge in [-0.2, -0.15) is 0 Å². The number of carbonyl (C=O) groups is 2. The highest BCUT2D eigenvalue weighted by Crippen LogP contribution is 2.23. The lowest BCUT2D eigenvalue weighted by atomic mass is 9.91. The van der Waals surface area contributed by atoms with E-state index in [0.717, 1.165) is 17.0 Å². The molecule has 7 heteroatoms. The summed E-state index contributed by atoms with van der Waals surface area (Å²) in [6.07, 6.45) is 13.1. The number of rotatable bonds is 3. The lowest BCUT2D eigenvalue weighted by molar-refractivity contribution is -0.142. The van der Waals surface area contributed by atoms with Gasteiger partial charge in [0.05, 0.1) is 12.6 Å². The minimum atomic E-state index is -1.12. The molecule has 0 aromatic rings. The van der Waals surface area contributed by atoms with Gasteiger partial charge < -0.3 is 20.3 Å². The zero-order valence-electron chi connectivity index (χ0n) is 18.4. The van der Waals surface area contributed by atoms with Crippen molar-refractivity contribution in [3.8, 4) is 0 Å². The number of nitrogens with one attached hydrogen (secondary N) is 1. The summed E-state index contributed by atoms with van der Waals surface area (Å²) in [5.74, 6) is -1.12. The van der Waals surface area contributed by atoms with Crippen molar-refractivity contribution < 1.29 is 24.5 Å². The summed E-state index contributed by atoms with van der Waals surface area (Å²) in [5, 5.41) is 22.1. The molecule has 2 aliphatic carbocycles. The number of aliphatic carboxylic acids is 1. The molecule has 0 aromatic heterocycles. The molecule has 3 rings (SSSR count). The van der Waals surface area contributed by atoms with Crippen LogP contribution in [0.15, 0.2) is 0 Å². The van der Waals surface area contributed by atoms with Crippen LogP contribution in [-0.2, 0) is 9.53 Å². The Hall–Kier alpha value is -1.34. The number of hydrogen-bond donors (Lipinski definition) is 3. The quantitative estimate of drug-likeness (QED) is 0.654. The van der Waals surface area contributed by atoms with Gasteiger partial charge in [0, 0.05) is 18.5 Å². The first-order valence-electron chi connectivity index (χ1n) is 11.3. The van der Waals surface area contributed by atoms with Gasteiger partial charge in [0.1, 0.15) is 11.6 Å². The lowest BCUT2D eigenvalue weighted by Crippen LogP contribution is -2.43. The lowest BCUT2D eigenvalue weighted by Gasteiger charge is -2.30. The van der Waals surface area contributed by atoms with Crippen LogP contribution >= 0.6 is 0 Å². The standard InChI is InChI=1S/C12H23N.C10H17NO5/c1-3-7-11(8-4-1)13-12-9-5-2-6-10-12;1-10(2,3)16-9(15)11-5-6(12)4-7(11)8(13)14/h11-13H,1-10H2;6-7,12H,4-5H2,1-3H3,(H,13,14)/t;6?,7-/m.0/s1. The topological polar surface area (TPSA) is 99.1 Å². The van der Waals surface area contributed by atoms with Gasteiger partial charge in [0.15, 0.2) is 0 Å². The van der Waals surface area contributed by atoms with E-state index in [2.05, 4.69) is 5.32 Å². The normalized spacial score (nSPS) is 26.6. The van der Waals surface area contributed by atoms with Crippen LogP contribution in [-0.4, -0.2) is 63.6 Å². The Balaban J connectivity index is 0.000000211. The summed E-state index contributed by atoms with van der Waals surface area (Å²) in [7, 11) is 0. The third-order valence-electron chi connectivity index (χ3n) is 5.87. The molecule has 3 N–H and O–H groups in total. The minimum absolute atomic E-state index is 0.00583. The van der Waals surface area contributed by atoms with Gasteiger partial charge in [-0.1, -0.05) is 38.5 Å². The second-order valence-electron chi connectivity index (χ2n) is 9.71. The molecule has 1 unspecified atom stereocenters. The summed E-state index contributed by atoms with van der Waals surface area (Å²) in [6, 6.07) is 0.749. The largest absolute Gasteiger partial charge is 0.480 e. The SMILES string of the molecule is C1CCC(NC2CCCCC2)CC1.CC(C)(C)OC(=O)N1CC(O)C[C@H]1C(=O)O. The molecule has 2 saturated carbocycles. The number of amides is 1. The number of likely N-dealkylation sites (tertiary alicyclic amines) is 1. The van der Waals surface area contributed by atoms with Crippen LogP contribution in [0.3, 0.4) is 0 Å². The van der Waals surface area contributed by atoms with Crippen LogP contribution in [0, 0.1) is 0 Å².